The van der Waals surface area contributed by atoms with Gasteiger partial charge in [0, 0.05) is 30.9 Å². The van der Waals surface area contributed by atoms with Gasteiger partial charge in [0.25, 0.3) is 0 Å². The van der Waals surface area contributed by atoms with E-state index in [0.717, 1.165) is 25.1 Å². The highest BCUT2D eigenvalue weighted by Gasteiger charge is 2.31. The van der Waals surface area contributed by atoms with E-state index in [1.54, 1.807) is 12.1 Å². The topological polar surface area (TPSA) is 38.5 Å². The molecule has 1 aliphatic heterocycles. The molecule has 0 radical (unpaired) electrons. The van der Waals surface area contributed by atoms with E-state index in [0.29, 0.717) is 6.54 Å². The molecular weight excluding hydrogens is 245 g/mol. The van der Waals surface area contributed by atoms with Crippen molar-refractivity contribution in [3.63, 3.8) is 0 Å². The van der Waals surface area contributed by atoms with E-state index in [-0.39, 0.29) is 11.8 Å². The van der Waals surface area contributed by atoms with E-state index < -0.39 is 6.36 Å². The lowest BCUT2D eigenvalue weighted by Gasteiger charge is -2.26. The molecule has 0 unspecified atom stereocenters. The van der Waals surface area contributed by atoms with Crippen molar-refractivity contribution in [3.8, 4) is 5.75 Å². The molecule has 1 heterocycles. The maximum absolute atomic E-state index is 12.1. The van der Waals surface area contributed by atoms with Crippen LogP contribution in [0.2, 0.25) is 0 Å². The number of nitrogens with zero attached hydrogens (tertiary/aromatic N) is 1. The number of ether oxygens (including phenoxy) is 1. The monoisotopic (exact) mass is 260 g/mol. The molecule has 0 spiro atoms. The fourth-order valence-corrected chi connectivity index (χ4v) is 2.28. The number of hydrogen-bond acceptors (Lipinski definition) is 3. The van der Waals surface area contributed by atoms with Crippen molar-refractivity contribution in [1.29, 1.82) is 0 Å². The van der Waals surface area contributed by atoms with Gasteiger partial charge in [-0.2, -0.15) is 0 Å². The lowest BCUT2D eigenvalue weighted by atomic mass is 10.2. The first-order valence-electron chi connectivity index (χ1n) is 5.82. The highest BCUT2D eigenvalue weighted by Crippen LogP contribution is 2.30. The summed E-state index contributed by atoms with van der Waals surface area (Å²) in [6, 6.07) is 6.23. The lowest BCUT2D eigenvalue weighted by molar-refractivity contribution is -0.274. The van der Waals surface area contributed by atoms with Gasteiger partial charge in [-0.05, 0) is 25.0 Å². The first-order valence-corrected chi connectivity index (χ1v) is 5.82. The van der Waals surface area contributed by atoms with Crippen molar-refractivity contribution in [2.24, 2.45) is 5.73 Å². The van der Waals surface area contributed by atoms with Crippen molar-refractivity contribution in [2.75, 3.05) is 18.0 Å². The number of nitrogens with two attached hydrogens (primary N) is 1. The van der Waals surface area contributed by atoms with Gasteiger partial charge in [0.15, 0.2) is 0 Å². The van der Waals surface area contributed by atoms with Crippen LogP contribution in [0.4, 0.5) is 18.9 Å². The average Bonchev–Trinajstić information content (AvgIpc) is 2.75. The first kappa shape index (κ1) is 13.0. The van der Waals surface area contributed by atoms with Gasteiger partial charge in [-0.15, -0.1) is 13.2 Å². The van der Waals surface area contributed by atoms with E-state index >= 15 is 0 Å². The Balaban J connectivity index is 2.16. The molecule has 1 aromatic carbocycles. The average molecular weight is 260 g/mol. The predicted octanol–water partition coefficient (Wildman–Crippen LogP) is 2.51. The van der Waals surface area contributed by atoms with Crippen molar-refractivity contribution in [2.45, 2.75) is 25.2 Å². The first-order chi connectivity index (χ1) is 8.49. The van der Waals surface area contributed by atoms with E-state index in [1.165, 1.54) is 12.1 Å². The highest BCUT2D eigenvalue weighted by atomic mass is 19.4. The van der Waals surface area contributed by atoms with Crippen LogP contribution in [0.5, 0.6) is 5.75 Å². The second kappa shape index (κ2) is 5.06. The number of hydrogen-bond donors (Lipinski definition) is 1. The standard InChI is InChI=1S/C12H15F3N2O/c13-12(14,15)18-11-5-1-3-9(7-11)17-6-2-4-10(17)8-16/h1,3,5,7,10H,2,4,6,8,16H2/t10-/m1/s1. The molecule has 0 aromatic heterocycles. The zero-order valence-electron chi connectivity index (χ0n) is 9.78. The molecule has 6 heteroatoms. The fraction of sp³-hybridized carbons (Fsp3) is 0.500. The molecule has 1 saturated heterocycles. The zero-order chi connectivity index (χ0) is 13.2. The van der Waals surface area contributed by atoms with E-state index in [2.05, 4.69) is 4.74 Å². The summed E-state index contributed by atoms with van der Waals surface area (Å²) in [5.74, 6) is -0.192. The molecule has 2 rings (SSSR count). The van der Waals surface area contributed by atoms with Gasteiger partial charge in [-0.25, -0.2) is 0 Å². The Bertz CT molecular complexity index is 409. The van der Waals surface area contributed by atoms with Gasteiger partial charge >= 0.3 is 6.36 Å². The Labute approximate surface area is 103 Å². The van der Waals surface area contributed by atoms with E-state index in [9.17, 15) is 13.2 Å². The molecule has 100 valence electrons. The van der Waals surface area contributed by atoms with E-state index in [4.69, 9.17) is 5.73 Å². The minimum atomic E-state index is -4.66. The number of rotatable bonds is 3. The van der Waals surface area contributed by atoms with Crippen molar-refractivity contribution < 1.29 is 17.9 Å². The Morgan fingerprint density at radius 1 is 1.39 bits per heavy atom. The quantitative estimate of drug-likeness (QED) is 0.907. The van der Waals surface area contributed by atoms with Gasteiger partial charge in [0.2, 0.25) is 0 Å². The van der Waals surface area contributed by atoms with Crippen LogP contribution in [-0.4, -0.2) is 25.5 Å². The molecule has 0 bridgehead atoms. The zero-order valence-corrected chi connectivity index (χ0v) is 9.78. The third-order valence-electron chi connectivity index (χ3n) is 3.03. The molecule has 1 atom stereocenters. The Hall–Kier alpha value is -1.43. The maximum atomic E-state index is 12.1. The van der Waals surface area contributed by atoms with Gasteiger partial charge < -0.3 is 15.4 Å². The summed E-state index contributed by atoms with van der Waals surface area (Å²) >= 11 is 0. The minimum absolute atomic E-state index is 0.192. The number of anilines is 1. The normalized spacial score (nSPS) is 20.2. The fourth-order valence-electron chi connectivity index (χ4n) is 2.28. The largest absolute Gasteiger partial charge is 0.573 e. The summed E-state index contributed by atoms with van der Waals surface area (Å²) in [6.07, 6.45) is -2.68. The second-order valence-electron chi connectivity index (χ2n) is 4.27. The molecule has 0 aliphatic carbocycles. The highest BCUT2D eigenvalue weighted by molar-refractivity contribution is 5.52. The number of alkyl halides is 3. The summed E-state index contributed by atoms with van der Waals surface area (Å²) in [7, 11) is 0. The Morgan fingerprint density at radius 2 is 2.17 bits per heavy atom. The molecule has 3 nitrogen and oxygen atoms in total. The third-order valence-corrected chi connectivity index (χ3v) is 3.03. The van der Waals surface area contributed by atoms with Crippen LogP contribution in [0, 0.1) is 0 Å². The number of halogens is 3. The molecule has 1 aromatic rings. The van der Waals surface area contributed by atoms with Crippen LogP contribution >= 0.6 is 0 Å². The summed E-state index contributed by atoms with van der Waals surface area (Å²) in [5.41, 5.74) is 6.38. The van der Waals surface area contributed by atoms with Crippen molar-refractivity contribution in [3.05, 3.63) is 24.3 Å². The number of benzene rings is 1. The van der Waals surface area contributed by atoms with Crippen LogP contribution in [0.25, 0.3) is 0 Å². The maximum Gasteiger partial charge on any atom is 0.573 e. The molecule has 1 fully saturated rings. The van der Waals surface area contributed by atoms with Crippen LogP contribution < -0.4 is 15.4 Å². The van der Waals surface area contributed by atoms with Gasteiger partial charge in [-0.1, -0.05) is 6.07 Å². The molecule has 18 heavy (non-hydrogen) atoms. The van der Waals surface area contributed by atoms with Crippen molar-refractivity contribution >= 4 is 5.69 Å². The van der Waals surface area contributed by atoms with Gasteiger partial charge in [0.1, 0.15) is 5.75 Å². The summed E-state index contributed by atoms with van der Waals surface area (Å²) in [6.45, 7) is 1.32. The van der Waals surface area contributed by atoms with Gasteiger partial charge in [0.05, 0.1) is 0 Å². The van der Waals surface area contributed by atoms with Crippen LogP contribution in [0.1, 0.15) is 12.8 Å². The second-order valence-corrected chi connectivity index (χ2v) is 4.27. The summed E-state index contributed by atoms with van der Waals surface area (Å²) in [4.78, 5) is 2.03. The van der Waals surface area contributed by atoms with Crippen LogP contribution in [0.3, 0.4) is 0 Å². The smallest absolute Gasteiger partial charge is 0.406 e. The summed E-state index contributed by atoms with van der Waals surface area (Å²) in [5, 5.41) is 0. The SMILES string of the molecule is NC[C@H]1CCCN1c1cccc(OC(F)(F)F)c1. The molecule has 2 N–H and O–H groups in total. The van der Waals surface area contributed by atoms with Crippen molar-refractivity contribution in [1.82, 2.24) is 0 Å². The van der Waals surface area contributed by atoms with E-state index in [1.807, 2.05) is 4.90 Å². The molecule has 1 aliphatic rings. The predicted molar refractivity (Wildman–Crippen MR) is 62.5 cm³/mol. The third kappa shape index (κ3) is 3.07. The Kier molecular flexibility index (Phi) is 3.65. The van der Waals surface area contributed by atoms with Crippen LogP contribution in [-0.2, 0) is 0 Å². The molecule has 0 amide bonds. The lowest BCUT2D eigenvalue weighted by Crippen LogP contribution is -2.35. The van der Waals surface area contributed by atoms with Gasteiger partial charge in [-0.3, -0.25) is 0 Å². The van der Waals surface area contributed by atoms with Crippen LogP contribution in [0.15, 0.2) is 24.3 Å². The Morgan fingerprint density at radius 3 is 2.83 bits per heavy atom. The minimum Gasteiger partial charge on any atom is -0.406 e. The summed E-state index contributed by atoms with van der Waals surface area (Å²) < 4.78 is 40.3. The molecule has 0 saturated carbocycles. The molecular formula is C12H15F3N2O.